The largest absolute Gasteiger partial charge is 0.482 e. The summed E-state index contributed by atoms with van der Waals surface area (Å²) in [7, 11) is 0. The van der Waals surface area contributed by atoms with Gasteiger partial charge in [0.2, 0.25) is 0 Å². The Labute approximate surface area is 85.4 Å². The highest BCUT2D eigenvalue weighted by molar-refractivity contribution is 6.34. The first kappa shape index (κ1) is 10.2. The maximum atomic E-state index is 10.4. The second kappa shape index (κ2) is 4.35. The quantitative estimate of drug-likeness (QED) is 0.844. The van der Waals surface area contributed by atoms with Crippen molar-refractivity contribution in [2.75, 3.05) is 6.61 Å². The van der Waals surface area contributed by atoms with Gasteiger partial charge in [0.15, 0.2) is 6.61 Å². The molecule has 3 nitrogen and oxygen atoms in total. The molecule has 0 atom stereocenters. The number of hydrogen-bond acceptors (Lipinski definition) is 2. The number of ether oxygens (including phenoxy) is 1. The van der Waals surface area contributed by atoms with Gasteiger partial charge in [0, 0.05) is 11.1 Å². The number of amides is 1. The summed E-state index contributed by atoms with van der Waals surface area (Å²) in [4.78, 5) is 10.4. The van der Waals surface area contributed by atoms with Gasteiger partial charge in [0.1, 0.15) is 5.75 Å². The third-order valence-corrected chi connectivity index (χ3v) is 1.81. The molecule has 0 bridgehead atoms. The van der Waals surface area contributed by atoms with Crippen LogP contribution in [0.5, 0.6) is 5.75 Å². The molecule has 1 rings (SSSR count). The number of carbonyl (C=O) groups excluding carboxylic acids is 1. The molecule has 70 valence electrons. The molecule has 0 unspecified atom stereocenters. The van der Waals surface area contributed by atoms with Crippen molar-refractivity contribution in [2.24, 2.45) is 5.73 Å². The van der Waals surface area contributed by atoms with Crippen LogP contribution in [0.1, 0.15) is 0 Å². The summed E-state index contributed by atoms with van der Waals surface area (Å²) in [5.74, 6) is -0.205. The average molecular weight is 220 g/mol. The Morgan fingerprint density at radius 1 is 1.46 bits per heavy atom. The SMILES string of the molecule is NC(=O)COc1cc(Cl)ccc1Cl. The molecule has 1 aromatic rings. The van der Waals surface area contributed by atoms with E-state index in [0.717, 1.165) is 0 Å². The summed E-state index contributed by atoms with van der Waals surface area (Å²) in [6.07, 6.45) is 0. The molecule has 0 heterocycles. The van der Waals surface area contributed by atoms with Crippen LogP contribution < -0.4 is 10.5 Å². The first-order valence-electron chi connectivity index (χ1n) is 3.46. The molecule has 0 aliphatic carbocycles. The van der Waals surface area contributed by atoms with E-state index in [4.69, 9.17) is 33.7 Å². The van der Waals surface area contributed by atoms with E-state index in [0.29, 0.717) is 15.8 Å². The Morgan fingerprint density at radius 3 is 2.77 bits per heavy atom. The minimum absolute atomic E-state index is 0.208. The van der Waals surface area contributed by atoms with Crippen LogP contribution in [0, 0.1) is 0 Å². The Morgan fingerprint density at radius 2 is 2.15 bits per heavy atom. The second-order valence-corrected chi connectivity index (χ2v) is 3.17. The van der Waals surface area contributed by atoms with Gasteiger partial charge >= 0.3 is 0 Å². The van der Waals surface area contributed by atoms with E-state index in [-0.39, 0.29) is 6.61 Å². The first-order chi connectivity index (χ1) is 6.09. The molecule has 0 radical (unpaired) electrons. The molecule has 0 aliphatic heterocycles. The van der Waals surface area contributed by atoms with Crippen LogP contribution in [0.15, 0.2) is 18.2 Å². The van der Waals surface area contributed by atoms with Crippen molar-refractivity contribution in [3.8, 4) is 5.75 Å². The molecule has 1 amide bonds. The molecule has 0 aromatic heterocycles. The van der Waals surface area contributed by atoms with Gasteiger partial charge in [-0.1, -0.05) is 23.2 Å². The van der Waals surface area contributed by atoms with Crippen LogP contribution in [0.2, 0.25) is 10.0 Å². The van der Waals surface area contributed by atoms with Crippen molar-refractivity contribution < 1.29 is 9.53 Å². The Hall–Kier alpha value is -0.930. The highest BCUT2D eigenvalue weighted by Crippen LogP contribution is 2.27. The normalized spacial score (nSPS) is 9.69. The second-order valence-electron chi connectivity index (χ2n) is 2.33. The minimum Gasteiger partial charge on any atom is -0.482 e. The molecule has 13 heavy (non-hydrogen) atoms. The zero-order valence-electron chi connectivity index (χ0n) is 6.59. The molecular weight excluding hydrogens is 213 g/mol. The number of benzene rings is 1. The lowest BCUT2D eigenvalue weighted by Crippen LogP contribution is -2.20. The van der Waals surface area contributed by atoms with Crippen LogP contribution in [0.3, 0.4) is 0 Å². The highest BCUT2D eigenvalue weighted by Gasteiger charge is 2.03. The molecule has 0 saturated carbocycles. The van der Waals surface area contributed by atoms with Crippen LogP contribution in [-0.4, -0.2) is 12.5 Å². The summed E-state index contributed by atoms with van der Waals surface area (Å²) >= 11 is 11.4. The zero-order valence-corrected chi connectivity index (χ0v) is 8.10. The van der Waals surface area contributed by atoms with Crippen molar-refractivity contribution in [1.82, 2.24) is 0 Å². The van der Waals surface area contributed by atoms with Crippen molar-refractivity contribution in [3.05, 3.63) is 28.2 Å². The molecule has 0 fully saturated rings. The van der Waals surface area contributed by atoms with Gasteiger partial charge in [-0.15, -0.1) is 0 Å². The molecule has 2 N–H and O–H groups in total. The van der Waals surface area contributed by atoms with Gasteiger partial charge in [-0.2, -0.15) is 0 Å². The molecule has 1 aromatic carbocycles. The molecule has 0 saturated heterocycles. The number of carbonyl (C=O) groups is 1. The van der Waals surface area contributed by atoms with E-state index in [1.807, 2.05) is 0 Å². The highest BCUT2D eigenvalue weighted by atomic mass is 35.5. The van der Waals surface area contributed by atoms with Crippen LogP contribution in [0.25, 0.3) is 0 Å². The predicted octanol–water partition coefficient (Wildman–Crippen LogP) is 1.86. The summed E-state index contributed by atoms with van der Waals surface area (Å²) < 4.78 is 4.99. The van der Waals surface area contributed by atoms with Gasteiger partial charge in [-0.25, -0.2) is 0 Å². The van der Waals surface area contributed by atoms with E-state index >= 15 is 0 Å². The third kappa shape index (κ3) is 3.13. The lowest BCUT2D eigenvalue weighted by molar-refractivity contribution is -0.119. The third-order valence-electron chi connectivity index (χ3n) is 1.26. The van der Waals surface area contributed by atoms with Crippen LogP contribution >= 0.6 is 23.2 Å². The summed E-state index contributed by atoms with van der Waals surface area (Å²) in [6.45, 7) is -0.208. The fourth-order valence-corrected chi connectivity index (χ4v) is 1.07. The van der Waals surface area contributed by atoms with Crippen molar-refractivity contribution in [2.45, 2.75) is 0 Å². The van der Waals surface area contributed by atoms with E-state index in [2.05, 4.69) is 0 Å². The standard InChI is InChI=1S/C8H7Cl2NO2/c9-5-1-2-6(10)7(3-5)13-4-8(11)12/h1-3H,4H2,(H2,11,12). The monoisotopic (exact) mass is 219 g/mol. The Bertz CT molecular complexity index is 328. The number of hydrogen-bond donors (Lipinski definition) is 1. The maximum Gasteiger partial charge on any atom is 0.255 e. The topological polar surface area (TPSA) is 52.3 Å². The fourth-order valence-electron chi connectivity index (χ4n) is 0.737. The Balaban J connectivity index is 2.75. The first-order valence-corrected chi connectivity index (χ1v) is 4.21. The lowest BCUT2D eigenvalue weighted by atomic mass is 10.3. The van der Waals surface area contributed by atoms with Gasteiger partial charge in [-0.3, -0.25) is 4.79 Å². The van der Waals surface area contributed by atoms with Gasteiger partial charge in [0.25, 0.3) is 5.91 Å². The Kier molecular flexibility index (Phi) is 3.39. The predicted molar refractivity (Wildman–Crippen MR) is 51.2 cm³/mol. The maximum absolute atomic E-state index is 10.4. The van der Waals surface area contributed by atoms with Crippen LogP contribution in [-0.2, 0) is 4.79 Å². The van der Waals surface area contributed by atoms with Crippen molar-refractivity contribution in [3.63, 3.8) is 0 Å². The molecular formula is C8H7Cl2NO2. The summed E-state index contributed by atoms with van der Waals surface area (Å²) in [6, 6.07) is 4.73. The molecule has 0 aliphatic rings. The summed E-state index contributed by atoms with van der Waals surface area (Å²) in [5.41, 5.74) is 4.89. The fraction of sp³-hybridized carbons (Fsp3) is 0.125. The average Bonchev–Trinajstić information content (AvgIpc) is 2.06. The van der Waals surface area contributed by atoms with Gasteiger partial charge < -0.3 is 10.5 Å². The zero-order chi connectivity index (χ0) is 9.84. The van der Waals surface area contributed by atoms with Gasteiger partial charge in [-0.05, 0) is 12.1 Å². The molecule has 0 spiro atoms. The number of rotatable bonds is 3. The van der Waals surface area contributed by atoms with E-state index in [1.165, 1.54) is 6.07 Å². The lowest BCUT2D eigenvalue weighted by Gasteiger charge is -2.05. The van der Waals surface area contributed by atoms with E-state index < -0.39 is 5.91 Å². The van der Waals surface area contributed by atoms with E-state index in [9.17, 15) is 4.79 Å². The van der Waals surface area contributed by atoms with Crippen molar-refractivity contribution >= 4 is 29.1 Å². The summed E-state index contributed by atoms with van der Waals surface area (Å²) in [5, 5.41) is 0.884. The van der Waals surface area contributed by atoms with E-state index in [1.54, 1.807) is 12.1 Å². The smallest absolute Gasteiger partial charge is 0.255 e. The van der Waals surface area contributed by atoms with Crippen LogP contribution in [0.4, 0.5) is 0 Å². The van der Waals surface area contributed by atoms with Crippen molar-refractivity contribution in [1.29, 1.82) is 0 Å². The number of halogens is 2. The van der Waals surface area contributed by atoms with Gasteiger partial charge in [0.05, 0.1) is 5.02 Å². The number of primary amides is 1. The minimum atomic E-state index is -0.559. The number of nitrogens with two attached hydrogens (primary N) is 1. The molecule has 5 heteroatoms.